The Labute approximate surface area is 163 Å². The molecule has 0 atom stereocenters. The maximum absolute atomic E-state index is 12.7. The normalized spacial score (nSPS) is 15.3. The molecule has 0 radical (unpaired) electrons. The Bertz CT molecular complexity index is 1060. The average molecular weight is 401 g/mol. The number of amides is 1. The second kappa shape index (κ2) is 7.73. The fourth-order valence-electron chi connectivity index (χ4n) is 2.55. The van der Waals surface area contributed by atoms with E-state index in [-0.39, 0.29) is 11.4 Å². The highest BCUT2D eigenvalue weighted by Gasteiger charge is 2.30. The number of rotatable bonds is 5. The van der Waals surface area contributed by atoms with Crippen LogP contribution in [0.4, 0.5) is 5.69 Å². The molecule has 1 heterocycles. The lowest BCUT2D eigenvalue weighted by Gasteiger charge is -2.23. The number of benzene rings is 2. The molecule has 0 unspecified atom stereocenters. The SMILES string of the molecule is COc1ccc(NC(=O)C2=CC(c3cccc(OC)c3)=NS(=O)(=O)N2C)cc1. The molecule has 146 valence electrons. The van der Waals surface area contributed by atoms with Gasteiger partial charge < -0.3 is 14.8 Å². The van der Waals surface area contributed by atoms with Gasteiger partial charge in [-0.05, 0) is 42.5 Å². The van der Waals surface area contributed by atoms with E-state index < -0.39 is 16.1 Å². The lowest BCUT2D eigenvalue weighted by atomic mass is 10.1. The summed E-state index contributed by atoms with van der Waals surface area (Å²) in [5.41, 5.74) is 1.12. The number of carbonyl (C=O) groups is 1. The maximum atomic E-state index is 12.7. The van der Waals surface area contributed by atoms with Crippen LogP contribution in [0.1, 0.15) is 5.56 Å². The predicted octanol–water partition coefficient (Wildman–Crippen LogP) is 2.21. The molecule has 2 aromatic carbocycles. The van der Waals surface area contributed by atoms with Crippen molar-refractivity contribution in [2.75, 3.05) is 26.6 Å². The van der Waals surface area contributed by atoms with Crippen molar-refractivity contribution in [3.05, 3.63) is 65.9 Å². The Morgan fingerprint density at radius 3 is 2.36 bits per heavy atom. The number of methoxy groups -OCH3 is 2. The largest absolute Gasteiger partial charge is 0.497 e. The van der Waals surface area contributed by atoms with Gasteiger partial charge >= 0.3 is 10.2 Å². The van der Waals surface area contributed by atoms with Crippen LogP contribution in [-0.2, 0) is 15.0 Å². The summed E-state index contributed by atoms with van der Waals surface area (Å²) in [5.74, 6) is 0.614. The molecule has 1 aliphatic rings. The quantitative estimate of drug-likeness (QED) is 0.828. The standard InChI is InChI=1S/C19H19N3O5S/c1-22-18(19(23)20-14-7-9-15(26-2)10-8-14)12-17(21-28(22,24)25)13-5-4-6-16(11-13)27-3/h4-12H,1-3H3,(H,20,23). The van der Waals surface area contributed by atoms with Gasteiger partial charge in [-0.15, -0.1) is 4.40 Å². The molecular weight excluding hydrogens is 382 g/mol. The van der Waals surface area contributed by atoms with E-state index in [1.807, 2.05) is 0 Å². The lowest BCUT2D eigenvalue weighted by molar-refractivity contribution is -0.113. The number of likely N-dealkylation sites (N-methyl/N-ethyl adjacent to an activating group) is 1. The molecule has 0 aliphatic carbocycles. The molecule has 2 aromatic rings. The van der Waals surface area contributed by atoms with Crippen molar-refractivity contribution in [2.24, 2.45) is 4.40 Å². The van der Waals surface area contributed by atoms with Crippen molar-refractivity contribution in [2.45, 2.75) is 0 Å². The average Bonchev–Trinajstić information content (AvgIpc) is 2.70. The van der Waals surface area contributed by atoms with Crippen molar-refractivity contribution in [1.29, 1.82) is 0 Å². The molecular formula is C19H19N3O5S. The van der Waals surface area contributed by atoms with Gasteiger partial charge in [0.2, 0.25) is 0 Å². The number of nitrogens with one attached hydrogen (secondary N) is 1. The number of ether oxygens (including phenoxy) is 2. The van der Waals surface area contributed by atoms with E-state index in [0.717, 1.165) is 4.31 Å². The minimum atomic E-state index is -4.04. The predicted molar refractivity (Wildman–Crippen MR) is 106 cm³/mol. The number of carbonyl (C=O) groups excluding carboxylic acids is 1. The molecule has 1 N–H and O–H groups in total. The number of hydrogen-bond acceptors (Lipinski definition) is 5. The second-order valence-electron chi connectivity index (χ2n) is 5.87. The number of nitrogens with zero attached hydrogens (tertiary/aromatic N) is 2. The summed E-state index contributed by atoms with van der Waals surface area (Å²) < 4.78 is 39.8. The molecule has 8 nitrogen and oxygen atoms in total. The van der Waals surface area contributed by atoms with Gasteiger partial charge in [-0.1, -0.05) is 12.1 Å². The van der Waals surface area contributed by atoms with Crippen LogP contribution in [0.3, 0.4) is 0 Å². The van der Waals surface area contributed by atoms with Gasteiger partial charge in [-0.2, -0.15) is 8.42 Å². The Hall–Kier alpha value is -3.33. The Morgan fingerprint density at radius 1 is 1.04 bits per heavy atom. The van der Waals surface area contributed by atoms with Crippen molar-refractivity contribution < 1.29 is 22.7 Å². The van der Waals surface area contributed by atoms with Crippen LogP contribution in [0, 0.1) is 0 Å². The van der Waals surface area contributed by atoms with Crippen LogP contribution < -0.4 is 14.8 Å². The van der Waals surface area contributed by atoms with Gasteiger partial charge in [-0.25, -0.2) is 4.31 Å². The molecule has 3 rings (SSSR count). The van der Waals surface area contributed by atoms with Crippen LogP contribution in [0.15, 0.2) is 64.7 Å². The molecule has 0 fully saturated rings. The van der Waals surface area contributed by atoms with E-state index in [2.05, 4.69) is 9.71 Å². The second-order valence-corrected chi connectivity index (χ2v) is 7.49. The first-order valence-electron chi connectivity index (χ1n) is 8.24. The first-order chi connectivity index (χ1) is 13.3. The smallest absolute Gasteiger partial charge is 0.345 e. The van der Waals surface area contributed by atoms with Crippen LogP contribution >= 0.6 is 0 Å². The third-order valence-electron chi connectivity index (χ3n) is 4.12. The van der Waals surface area contributed by atoms with Crippen molar-refractivity contribution >= 4 is 27.5 Å². The van der Waals surface area contributed by atoms with Gasteiger partial charge in [-0.3, -0.25) is 4.79 Å². The third kappa shape index (κ3) is 3.99. The molecule has 28 heavy (non-hydrogen) atoms. The summed E-state index contributed by atoms with van der Waals surface area (Å²) in [6, 6.07) is 13.5. The number of anilines is 1. The van der Waals surface area contributed by atoms with Crippen molar-refractivity contribution in [3.63, 3.8) is 0 Å². The fraction of sp³-hybridized carbons (Fsp3) is 0.158. The summed E-state index contributed by atoms with van der Waals surface area (Å²) in [4.78, 5) is 12.7. The maximum Gasteiger partial charge on any atom is 0.345 e. The molecule has 0 saturated carbocycles. The van der Waals surface area contributed by atoms with Gasteiger partial charge in [0.25, 0.3) is 5.91 Å². The molecule has 9 heteroatoms. The minimum Gasteiger partial charge on any atom is -0.497 e. The lowest BCUT2D eigenvalue weighted by Crippen LogP contribution is -2.35. The highest BCUT2D eigenvalue weighted by atomic mass is 32.2. The van der Waals surface area contributed by atoms with Crippen LogP contribution in [0.2, 0.25) is 0 Å². The summed E-state index contributed by atoms with van der Waals surface area (Å²) in [6.45, 7) is 0. The van der Waals surface area contributed by atoms with E-state index in [9.17, 15) is 13.2 Å². The zero-order valence-corrected chi connectivity index (χ0v) is 16.4. The zero-order chi connectivity index (χ0) is 20.3. The van der Waals surface area contributed by atoms with E-state index >= 15 is 0 Å². The Balaban J connectivity index is 1.94. The highest BCUT2D eigenvalue weighted by molar-refractivity contribution is 7.88. The zero-order valence-electron chi connectivity index (χ0n) is 15.5. The fourth-order valence-corrected chi connectivity index (χ4v) is 3.47. The molecule has 0 aromatic heterocycles. The number of allylic oxidation sites excluding steroid dienone is 1. The van der Waals surface area contributed by atoms with E-state index in [1.54, 1.807) is 55.6 Å². The van der Waals surface area contributed by atoms with Gasteiger partial charge in [0.1, 0.15) is 17.2 Å². The molecule has 0 spiro atoms. The van der Waals surface area contributed by atoms with Gasteiger partial charge in [0, 0.05) is 18.3 Å². The Morgan fingerprint density at radius 2 is 1.71 bits per heavy atom. The van der Waals surface area contributed by atoms with Crippen LogP contribution in [0.25, 0.3) is 0 Å². The van der Waals surface area contributed by atoms with E-state index in [4.69, 9.17) is 9.47 Å². The van der Waals surface area contributed by atoms with E-state index in [0.29, 0.717) is 22.7 Å². The van der Waals surface area contributed by atoms with Crippen LogP contribution in [-0.4, -0.2) is 45.6 Å². The first-order valence-corrected chi connectivity index (χ1v) is 9.64. The summed E-state index contributed by atoms with van der Waals surface area (Å²) in [5, 5.41) is 2.68. The Kier molecular flexibility index (Phi) is 5.36. The third-order valence-corrected chi connectivity index (χ3v) is 5.43. The van der Waals surface area contributed by atoms with Gasteiger partial charge in [0.05, 0.1) is 19.9 Å². The molecule has 1 amide bonds. The van der Waals surface area contributed by atoms with E-state index in [1.165, 1.54) is 20.2 Å². The summed E-state index contributed by atoms with van der Waals surface area (Å²) in [6.07, 6.45) is 1.43. The molecule has 0 saturated heterocycles. The molecule has 1 aliphatic heterocycles. The topological polar surface area (TPSA) is 97.3 Å². The monoisotopic (exact) mass is 401 g/mol. The van der Waals surface area contributed by atoms with Gasteiger partial charge in [0.15, 0.2) is 0 Å². The van der Waals surface area contributed by atoms with Crippen LogP contribution in [0.5, 0.6) is 11.5 Å². The minimum absolute atomic E-state index is 0.0522. The van der Waals surface area contributed by atoms with Crippen molar-refractivity contribution in [3.8, 4) is 11.5 Å². The highest BCUT2D eigenvalue weighted by Crippen LogP contribution is 2.23. The first kappa shape index (κ1) is 19.4. The molecule has 0 bridgehead atoms. The number of hydrogen-bond donors (Lipinski definition) is 1. The summed E-state index contributed by atoms with van der Waals surface area (Å²) >= 11 is 0. The summed E-state index contributed by atoms with van der Waals surface area (Å²) in [7, 11) is 0.285. The van der Waals surface area contributed by atoms with Crippen molar-refractivity contribution in [1.82, 2.24) is 4.31 Å².